The van der Waals surface area contributed by atoms with Gasteiger partial charge in [-0.3, -0.25) is 5.01 Å². The Kier molecular flexibility index (Phi) is 4.19. The van der Waals surface area contributed by atoms with Gasteiger partial charge in [0.2, 0.25) is 0 Å². The molecule has 0 N–H and O–H groups in total. The maximum atomic E-state index is 14.3. The fourth-order valence-electron chi connectivity index (χ4n) is 3.26. The highest BCUT2D eigenvalue weighted by Crippen LogP contribution is 2.53. The predicted molar refractivity (Wildman–Crippen MR) is 97.0 cm³/mol. The Morgan fingerprint density at radius 3 is 2.91 bits per heavy atom. The molecule has 1 aromatic carbocycles. The Bertz CT molecular complexity index is 748. The first-order valence-electron chi connectivity index (χ1n) is 7.78. The van der Waals surface area contributed by atoms with Gasteiger partial charge in [-0.15, -0.1) is 0 Å². The third kappa shape index (κ3) is 2.55. The minimum atomic E-state index is -0.248. The van der Waals surface area contributed by atoms with Gasteiger partial charge in [0.15, 0.2) is 0 Å². The molecule has 0 saturated carbocycles. The summed E-state index contributed by atoms with van der Waals surface area (Å²) in [5, 5.41) is 7.41. The average molecular weight is 328 g/mol. The molecule has 0 bridgehead atoms. The third-order valence-electron chi connectivity index (χ3n) is 4.46. The molecule has 1 heterocycles. The van der Waals surface area contributed by atoms with Crippen molar-refractivity contribution in [3.63, 3.8) is 0 Å². The first kappa shape index (κ1) is 16.1. The highest BCUT2D eigenvalue weighted by molar-refractivity contribution is 8.16. The number of hydrogen-bond acceptors (Lipinski definition) is 3. The highest BCUT2D eigenvalue weighted by Gasteiger charge is 2.48. The minimum Gasteiger partial charge on any atom is -0.278 e. The maximum Gasteiger partial charge on any atom is 0.134 e. The molecular weight excluding hydrogens is 307 g/mol. The number of thioether (sulfide) groups is 1. The van der Waals surface area contributed by atoms with Gasteiger partial charge in [-0.05, 0) is 50.0 Å². The molecule has 1 spiro atoms. The predicted octanol–water partition coefficient (Wildman–Crippen LogP) is 5.02. The van der Waals surface area contributed by atoms with Crippen molar-refractivity contribution in [1.29, 1.82) is 0 Å². The summed E-state index contributed by atoms with van der Waals surface area (Å²) in [5.74, 6) is -0.217. The zero-order valence-electron chi connectivity index (χ0n) is 13.8. The summed E-state index contributed by atoms with van der Waals surface area (Å²) < 4.78 is 14.3. The summed E-state index contributed by atoms with van der Waals surface area (Å²) in [4.78, 5) is -0.248. The number of halogens is 1. The van der Waals surface area contributed by atoms with E-state index in [1.54, 1.807) is 17.8 Å². The molecule has 1 aromatic rings. The number of hydrogen-bond donors (Lipinski definition) is 0. The van der Waals surface area contributed by atoms with E-state index in [9.17, 15) is 4.39 Å². The number of benzene rings is 1. The molecule has 4 heteroatoms. The normalized spacial score (nSPS) is 24.2. The summed E-state index contributed by atoms with van der Waals surface area (Å²) in [6.45, 7) is 7.93. The van der Waals surface area contributed by atoms with Crippen molar-refractivity contribution in [3.8, 4) is 0 Å². The smallest absolute Gasteiger partial charge is 0.134 e. The molecule has 0 saturated heterocycles. The van der Waals surface area contributed by atoms with Crippen molar-refractivity contribution in [2.75, 3.05) is 7.05 Å². The quantitative estimate of drug-likeness (QED) is 0.774. The molecule has 0 radical (unpaired) electrons. The van der Waals surface area contributed by atoms with E-state index in [0.29, 0.717) is 5.56 Å². The molecule has 2 aliphatic rings. The average Bonchev–Trinajstić information content (AvgIpc) is 3.05. The van der Waals surface area contributed by atoms with Gasteiger partial charge in [0, 0.05) is 12.6 Å². The van der Waals surface area contributed by atoms with Crippen LogP contribution in [0, 0.1) is 12.7 Å². The van der Waals surface area contributed by atoms with Crippen LogP contribution in [0.2, 0.25) is 0 Å². The van der Waals surface area contributed by atoms with Gasteiger partial charge in [0.1, 0.15) is 15.7 Å². The van der Waals surface area contributed by atoms with Gasteiger partial charge < -0.3 is 0 Å². The van der Waals surface area contributed by atoms with E-state index in [0.717, 1.165) is 23.4 Å². The highest BCUT2D eigenvalue weighted by atomic mass is 32.2. The number of likely N-dealkylation sites (N-methyl/N-ethyl adjacent to an activating group) is 1. The number of nitrogens with zero attached hydrogens (tertiary/aromatic N) is 2. The Labute approximate surface area is 141 Å². The first-order valence-corrected chi connectivity index (χ1v) is 8.60. The number of hydrazone groups is 1. The van der Waals surface area contributed by atoms with E-state index in [1.165, 1.54) is 17.2 Å². The van der Waals surface area contributed by atoms with Crippen LogP contribution in [0.3, 0.4) is 0 Å². The lowest BCUT2D eigenvalue weighted by molar-refractivity contribution is 0.264. The Morgan fingerprint density at radius 1 is 1.43 bits per heavy atom. The Hall–Kier alpha value is -1.81. The molecule has 23 heavy (non-hydrogen) atoms. The van der Waals surface area contributed by atoms with E-state index >= 15 is 0 Å². The lowest BCUT2D eigenvalue weighted by atomic mass is 10.1. The fourth-order valence-corrected chi connectivity index (χ4v) is 4.69. The summed E-state index contributed by atoms with van der Waals surface area (Å²) >= 11 is 1.65. The first-order chi connectivity index (χ1) is 11.0. The maximum absolute atomic E-state index is 14.3. The van der Waals surface area contributed by atoms with Crippen molar-refractivity contribution >= 4 is 16.8 Å². The van der Waals surface area contributed by atoms with E-state index in [1.807, 2.05) is 44.1 Å². The molecule has 2 nitrogen and oxygen atoms in total. The van der Waals surface area contributed by atoms with Crippen LogP contribution in [0.15, 0.2) is 59.3 Å². The zero-order chi connectivity index (χ0) is 16.6. The number of aryl methyl sites for hydroxylation is 1. The fraction of sp³-hybridized carbons (Fsp3) is 0.316. The largest absolute Gasteiger partial charge is 0.278 e. The monoisotopic (exact) mass is 328 g/mol. The van der Waals surface area contributed by atoms with Crippen LogP contribution < -0.4 is 0 Å². The minimum absolute atomic E-state index is 0.217. The van der Waals surface area contributed by atoms with Crippen molar-refractivity contribution in [2.24, 2.45) is 5.10 Å². The van der Waals surface area contributed by atoms with Crippen molar-refractivity contribution in [1.82, 2.24) is 5.01 Å². The molecular formula is C19H21FN2S. The van der Waals surface area contributed by atoms with Crippen LogP contribution in [-0.4, -0.2) is 22.0 Å². The van der Waals surface area contributed by atoms with Gasteiger partial charge in [-0.1, -0.05) is 48.2 Å². The van der Waals surface area contributed by atoms with Crippen molar-refractivity contribution in [2.45, 2.75) is 31.6 Å². The summed E-state index contributed by atoms with van der Waals surface area (Å²) in [6, 6.07) is 5.18. The summed E-state index contributed by atoms with van der Waals surface area (Å²) in [5.41, 5.74) is 4.11. The molecule has 1 aliphatic heterocycles. The van der Waals surface area contributed by atoms with E-state index in [-0.39, 0.29) is 10.7 Å². The summed E-state index contributed by atoms with van der Waals surface area (Å²) in [6.07, 6.45) is 8.04. The second-order valence-electron chi connectivity index (χ2n) is 5.94. The molecule has 1 unspecified atom stereocenters. The molecule has 120 valence electrons. The zero-order valence-corrected chi connectivity index (χ0v) is 14.6. The molecule has 3 rings (SSSR count). The van der Waals surface area contributed by atoms with Crippen LogP contribution in [-0.2, 0) is 0 Å². The molecule has 0 amide bonds. The van der Waals surface area contributed by atoms with E-state index in [4.69, 9.17) is 0 Å². The second kappa shape index (κ2) is 6.00. The van der Waals surface area contributed by atoms with Crippen molar-refractivity contribution in [3.05, 3.63) is 71.1 Å². The Morgan fingerprint density at radius 2 is 2.22 bits per heavy atom. The topological polar surface area (TPSA) is 15.6 Å². The van der Waals surface area contributed by atoms with Crippen LogP contribution in [0.25, 0.3) is 0 Å². The van der Waals surface area contributed by atoms with Gasteiger partial charge in [-0.25, -0.2) is 4.39 Å². The summed E-state index contributed by atoms with van der Waals surface area (Å²) in [7, 11) is 1.98. The second-order valence-corrected chi connectivity index (χ2v) is 7.21. The molecule has 0 fully saturated rings. The van der Waals surface area contributed by atoms with Crippen LogP contribution in [0.5, 0.6) is 0 Å². The lowest BCUT2D eigenvalue weighted by Crippen LogP contribution is -2.36. The third-order valence-corrected chi connectivity index (χ3v) is 5.98. The number of rotatable bonds is 3. The van der Waals surface area contributed by atoms with E-state index < -0.39 is 0 Å². The van der Waals surface area contributed by atoms with Gasteiger partial charge in [0.05, 0.1) is 0 Å². The lowest BCUT2D eigenvalue weighted by Gasteiger charge is -2.32. The molecule has 1 atom stereocenters. The van der Waals surface area contributed by atoms with Gasteiger partial charge in [-0.2, -0.15) is 5.10 Å². The van der Waals surface area contributed by atoms with Crippen LogP contribution in [0.1, 0.15) is 30.9 Å². The molecule has 1 aliphatic carbocycles. The van der Waals surface area contributed by atoms with E-state index in [2.05, 4.69) is 17.8 Å². The van der Waals surface area contributed by atoms with Gasteiger partial charge in [0.25, 0.3) is 0 Å². The molecule has 0 aromatic heterocycles. The Balaban J connectivity index is 2.03. The standard InChI is InChI=1S/C19H21FN2S/c1-5-7-16-14(6-2)10-11-19(16)22(4)21-18(23-19)15-12-13(3)8-9-17(15)20/h5-9,12H,2,10-11H2,1,3-4H3/b7-5-. The van der Waals surface area contributed by atoms with Crippen LogP contribution in [0.4, 0.5) is 4.39 Å². The van der Waals surface area contributed by atoms with Crippen molar-refractivity contribution < 1.29 is 4.39 Å². The number of allylic oxidation sites excluding steroid dienone is 3. The van der Waals surface area contributed by atoms with Crippen LogP contribution >= 0.6 is 11.8 Å². The van der Waals surface area contributed by atoms with Gasteiger partial charge >= 0.3 is 0 Å². The SMILES string of the molecule is C=CC1=C(/C=C\C)C2(CC1)SC(c1cc(C)ccc1F)=NN2C.